The van der Waals surface area contributed by atoms with Crippen LogP contribution in [0.25, 0.3) is 0 Å². The van der Waals surface area contributed by atoms with Gasteiger partial charge in [0.1, 0.15) is 5.82 Å². The van der Waals surface area contributed by atoms with Gasteiger partial charge in [-0.1, -0.05) is 19.8 Å². The lowest BCUT2D eigenvalue weighted by Crippen LogP contribution is -2.16. The van der Waals surface area contributed by atoms with Crippen LogP contribution in [0.1, 0.15) is 56.2 Å². The Labute approximate surface area is 121 Å². The van der Waals surface area contributed by atoms with Gasteiger partial charge in [0.15, 0.2) is 0 Å². The summed E-state index contributed by atoms with van der Waals surface area (Å²) < 4.78 is 0. The van der Waals surface area contributed by atoms with Gasteiger partial charge in [0.05, 0.1) is 11.4 Å². The lowest BCUT2D eigenvalue weighted by Gasteiger charge is -2.10. The van der Waals surface area contributed by atoms with Crippen LogP contribution in [0, 0.1) is 6.92 Å². The number of nitrogens with one attached hydrogen (secondary N) is 1. The van der Waals surface area contributed by atoms with Crippen LogP contribution in [0.2, 0.25) is 0 Å². The highest BCUT2D eigenvalue weighted by atomic mass is 32.2. The second-order valence-electron chi connectivity index (χ2n) is 5.31. The van der Waals surface area contributed by atoms with E-state index in [1.54, 1.807) is 0 Å². The summed E-state index contributed by atoms with van der Waals surface area (Å²) >= 11 is 2.04. The fourth-order valence-electron chi connectivity index (χ4n) is 2.50. The first-order valence-corrected chi connectivity index (χ1v) is 8.48. The predicted octanol–water partition coefficient (Wildman–Crippen LogP) is 3.46. The Bertz CT molecular complexity index is 389. The van der Waals surface area contributed by atoms with Crippen molar-refractivity contribution >= 4 is 11.8 Å². The molecular formula is C15H25N3S. The zero-order valence-corrected chi connectivity index (χ0v) is 12.9. The third-order valence-corrected chi connectivity index (χ3v) is 4.80. The topological polar surface area (TPSA) is 37.8 Å². The maximum Gasteiger partial charge on any atom is 0.138 e. The van der Waals surface area contributed by atoms with Gasteiger partial charge in [-0.15, -0.1) is 0 Å². The Kier molecular flexibility index (Phi) is 6.11. The van der Waals surface area contributed by atoms with Crippen LogP contribution < -0.4 is 5.32 Å². The Morgan fingerprint density at radius 3 is 2.84 bits per heavy atom. The average molecular weight is 279 g/mol. The van der Waals surface area contributed by atoms with Gasteiger partial charge in [0.2, 0.25) is 0 Å². The number of aromatic nitrogens is 2. The third-order valence-electron chi connectivity index (χ3n) is 3.44. The highest BCUT2D eigenvalue weighted by Crippen LogP contribution is 2.30. The number of aryl methyl sites for hydroxylation is 1. The maximum absolute atomic E-state index is 4.67. The Balaban J connectivity index is 1.87. The summed E-state index contributed by atoms with van der Waals surface area (Å²) in [5, 5.41) is 4.24. The standard InChI is InChI=1S/C15H25N3S/c1-3-8-16-10-13-9-12(2)17-15(18-13)11-19-14-6-4-5-7-14/h9,14,16H,3-8,10-11H2,1-2H3. The molecule has 2 rings (SSSR count). The van der Waals surface area contributed by atoms with E-state index >= 15 is 0 Å². The van der Waals surface area contributed by atoms with E-state index in [0.29, 0.717) is 0 Å². The van der Waals surface area contributed by atoms with Crippen LogP contribution in [0.3, 0.4) is 0 Å². The normalized spacial score (nSPS) is 16.1. The number of hydrogen-bond donors (Lipinski definition) is 1. The average Bonchev–Trinajstić information content (AvgIpc) is 2.89. The molecule has 0 saturated heterocycles. The molecule has 1 saturated carbocycles. The molecule has 0 amide bonds. The van der Waals surface area contributed by atoms with Crippen LogP contribution in [0.15, 0.2) is 6.07 Å². The summed E-state index contributed by atoms with van der Waals surface area (Å²) in [4.78, 5) is 9.24. The zero-order chi connectivity index (χ0) is 13.5. The highest BCUT2D eigenvalue weighted by Gasteiger charge is 2.15. The van der Waals surface area contributed by atoms with Crippen molar-refractivity contribution in [2.45, 2.75) is 63.5 Å². The predicted molar refractivity (Wildman–Crippen MR) is 82.3 cm³/mol. The second kappa shape index (κ2) is 7.85. The van der Waals surface area contributed by atoms with Crippen LogP contribution in [-0.2, 0) is 12.3 Å². The van der Waals surface area contributed by atoms with Gasteiger partial charge < -0.3 is 5.32 Å². The Morgan fingerprint density at radius 2 is 2.11 bits per heavy atom. The van der Waals surface area contributed by atoms with Gasteiger partial charge in [0.25, 0.3) is 0 Å². The molecule has 1 aliphatic carbocycles. The van der Waals surface area contributed by atoms with Gasteiger partial charge in [-0.25, -0.2) is 9.97 Å². The molecule has 0 radical (unpaired) electrons. The fourth-order valence-corrected chi connectivity index (χ4v) is 3.68. The molecule has 0 aliphatic heterocycles. The SMILES string of the molecule is CCCNCc1cc(C)nc(CSC2CCCC2)n1. The number of nitrogens with zero attached hydrogens (tertiary/aromatic N) is 2. The molecule has 1 aromatic rings. The van der Waals surface area contributed by atoms with Gasteiger partial charge in [-0.2, -0.15) is 11.8 Å². The summed E-state index contributed by atoms with van der Waals surface area (Å²) in [6.07, 6.45) is 6.72. The lowest BCUT2D eigenvalue weighted by atomic mass is 10.3. The molecule has 106 valence electrons. The monoisotopic (exact) mass is 279 g/mol. The van der Waals surface area contributed by atoms with E-state index in [4.69, 9.17) is 0 Å². The van der Waals surface area contributed by atoms with E-state index in [1.165, 1.54) is 25.7 Å². The molecule has 1 aliphatic rings. The summed E-state index contributed by atoms with van der Waals surface area (Å²) in [5.74, 6) is 1.97. The quantitative estimate of drug-likeness (QED) is 0.776. The number of hydrogen-bond acceptors (Lipinski definition) is 4. The van der Waals surface area contributed by atoms with Gasteiger partial charge in [-0.3, -0.25) is 0 Å². The van der Waals surface area contributed by atoms with Crippen LogP contribution >= 0.6 is 11.8 Å². The summed E-state index contributed by atoms with van der Waals surface area (Å²) in [7, 11) is 0. The van der Waals surface area contributed by atoms with Crippen molar-refractivity contribution in [3.8, 4) is 0 Å². The largest absolute Gasteiger partial charge is 0.311 e. The van der Waals surface area contributed by atoms with Crippen LogP contribution in [-0.4, -0.2) is 21.8 Å². The smallest absolute Gasteiger partial charge is 0.138 e. The van der Waals surface area contributed by atoms with E-state index < -0.39 is 0 Å². The molecule has 1 fully saturated rings. The number of rotatable bonds is 7. The van der Waals surface area contributed by atoms with E-state index in [1.807, 2.05) is 11.8 Å². The van der Waals surface area contributed by atoms with Crippen LogP contribution in [0.5, 0.6) is 0 Å². The Hall–Kier alpha value is -0.610. The van der Waals surface area contributed by atoms with Gasteiger partial charge >= 0.3 is 0 Å². The molecule has 0 bridgehead atoms. The van der Waals surface area contributed by atoms with E-state index in [-0.39, 0.29) is 0 Å². The second-order valence-corrected chi connectivity index (χ2v) is 6.60. The van der Waals surface area contributed by atoms with E-state index in [9.17, 15) is 0 Å². The molecule has 4 heteroatoms. The van der Waals surface area contributed by atoms with Crippen molar-refractivity contribution in [2.75, 3.05) is 6.54 Å². The van der Waals surface area contributed by atoms with E-state index in [0.717, 1.165) is 47.7 Å². The summed E-state index contributed by atoms with van der Waals surface area (Å²) in [6, 6.07) is 2.09. The lowest BCUT2D eigenvalue weighted by molar-refractivity contribution is 0.659. The van der Waals surface area contributed by atoms with Crippen molar-refractivity contribution in [3.63, 3.8) is 0 Å². The number of thioether (sulfide) groups is 1. The maximum atomic E-state index is 4.67. The molecule has 0 atom stereocenters. The molecule has 0 spiro atoms. The summed E-state index contributed by atoms with van der Waals surface area (Å²) in [6.45, 7) is 6.16. The molecule has 0 aromatic carbocycles. The first-order chi connectivity index (χ1) is 9.28. The van der Waals surface area contributed by atoms with Crippen molar-refractivity contribution in [2.24, 2.45) is 0 Å². The molecule has 1 N–H and O–H groups in total. The fraction of sp³-hybridized carbons (Fsp3) is 0.733. The first kappa shape index (κ1) is 14.8. The highest BCUT2D eigenvalue weighted by molar-refractivity contribution is 7.99. The van der Waals surface area contributed by atoms with Crippen molar-refractivity contribution in [1.82, 2.24) is 15.3 Å². The summed E-state index contributed by atoms with van der Waals surface area (Å²) in [5.41, 5.74) is 2.22. The first-order valence-electron chi connectivity index (χ1n) is 7.43. The minimum Gasteiger partial charge on any atom is -0.311 e. The molecule has 19 heavy (non-hydrogen) atoms. The van der Waals surface area contributed by atoms with Crippen molar-refractivity contribution in [1.29, 1.82) is 0 Å². The minimum atomic E-state index is 0.839. The molecule has 1 aromatic heterocycles. The molecule has 0 unspecified atom stereocenters. The van der Waals surface area contributed by atoms with Crippen molar-refractivity contribution in [3.05, 3.63) is 23.3 Å². The van der Waals surface area contributed by atoms with E-state index in [2.05, 4.69) is 35.2 Å². The third kappa shape index (κ3) is 5.11. The zero-order valence-electron chi connectivity index (χ0n) is 12.1. The van der Waals surface area contributed by atoms with Crippen LogP contribution in [0.4, 0.5) is 0 Å². The minimum absolute atomic E-state index is 0.839. The molecule has 3 nitrogen and oxygen atoms in total. The van der Waals surface area contributed by atoms with Gasteiger partial charge in [-0.05, 0) is 38.8 Å². The Morgan fingerprint density at radius 1 is 1.32 bits per heavy atom. The van der Waals surface area contributed by atoms with Crippen molar-refractivity contribution < 1.29 is 0 Å². The molecule has 1 heterocycles. The molecular weight excluding hydrogens is 254 g/mol. The van der Waals surface area contributed by atoms with Gasteiger partial charge in [0, 0.05) is 17.5 Å².